The highest BCUT2D eigenvalue weighted by Gasteiger charge is 2.24. The second-order valence-corrected chi connectivity index (χ2v) is 15.1. The Balaban J connectivity index is 1.03. The van der Waals surface area contributed by atoms with Gasteiger partial charge in [-0.25, -0.2) is 4.98 Å². The molecule has 59 heavy (non-hydrogen) atoms. The van der Waals surface area contributed by atoms with Crippen LogP contribution < -0.4 is 25.4 Å². The molecule has 6 aromatic carbocycles. The maximum Gasteiger partial charge on any atom is 0.272 e. The fourth-order valence-corrected chi connectivity index (χ4v) is 7.63. The van der Waals surface area contributed by atoms with Crippen molar-refractivity contribution in [3.05, 3.63) is 197 Å². The summed E-state index contributed by atoms with van der Waals surface area (Å²) in [6.07, 6.45) is 1.62. The molecule has 0 bridgehead atoms. The number of carbonyl (C=O) groups is 3. The number of ether oxygens (including phenoxy) is 2. The average molecular weight is 817 g/mol. The van der Waals surface area contributed by atoms with Gasteiger partial charge >= 0.3 is 0 Å². The van der Waals surface area contributed by atoms with Crippen LogP contribution in [0.5, 0.6) is 11.5 Å². The van der Waals surface area contributed by atoms with E-state index in [1.54, 1.807) is 42.5 Å². The van der Waals surface area contributed by atoms with E-state index in [4.69, 9.17) is 9.47 Å². The number of thiazole rings is 1. The van der Waals surface area contributed by atoms with Gasteiger partial charge in [-0.15, -0.1) is 23.1 Å². The molecule has 7 rings (SSSR count). The summed E-state index contributed by atoms with van der Waals surface area (Å²) in [4.78, 5) is 46.3. The van der Waals surface area contributed by atoms with Crippen molar-refractivity contribution in [3.63, 3.8) is 0 Å². The molecule has 1 unspecified atom stereocenters. The molecule has 0 radical (unpaired) electrons. The first kappa shape index (κ1) is 40.3. The smallest absolute Gasteiger partial charge is 0.272 e. The summed E-state index contributed by atoms with van der Waals surface area (Å²) in [7, 11) is 0. The third kappa shape index (κ3) is 11.3. The van der Waals surface area contributed by atoms with Crippen LogP contribution in [0.15, 0.2) is 180 Å². The number of carbonyl (C=O) groups excluding carboxylic acids is 3. The van der Waals surface area contributed by atoms with E-state index >= 15 is 0 Å². The van der Waals surface area contributed by atoms with E-state index in [-0.39, 0.29) is 11.6 Å². The first-order valence-corrected chi connectivity index (χ1v) is 20.6. The summed E-state index contributed by atoms with van der Waals surface area (Å²) in [6.45, 7) is 2.96. The number of hydrogen-bond acceptors (Lipinski definition) is 8. The van der Waals surface area contributed by atoms with Crippen LogP contribution >= 0.6 is 23.1 Å². The number of nitrogens with zero attached hydrogens (tertiary/aromatic N) is 1. The van der Waals surface area contributed by atoms with Gasteiger partial charge in [-0.3, -0.25) is 14.4 Å². The Labute approximate surface area is 351 Å². The summed E-state index contributed by atoms with van der Waals surface area (Å²) in [6, 6.07) is 50.3. The summed E-state index contributed by atoms with van der Waals surface area (Å²) in [5, 5.41) is 10.5. The highest BCUT2D eigenvalue weighted by atomic mass is 32.2. The van der Waals surface area contributed by atoms with Gasteiger partial charge in [-0.05, 0) is 102 Å². The molecule has 0 fully saturated rings. The molecule has 0 saturated carbocycles. The van der Waals surface area contributed by atoms with Crippen molar-refractivity contribution in [2.45, 2.75) is 23.7 Å². The Morgan fingerprint density at radius 1 is 0.712 bits per heavy atom. The minimum atomic E-state index is -0.590. The van der Waals surface area contributed by atoms with E-state index in [0.29, 0.717) is 40.9 Å². The van der Waals surface area contributed by atoms with Crippen LogP contribution in [-0.4, -0.2) is 29.3 Å². The van der Waals surface area contributed by atoms with Crippen molar-refractivity contribution in [2.24, 2.45) is 0 Å². The molecule has 1 atom stereocenters. The van der Waals surface area contributed by atoms with Gasteiger partial charge in [0.2, 0.25) is 5.91 Å². The molecule has 0 aliphatic heterocycles. The number of thioether (sulfide) groups is 1. The van der Waals surface area contributed by atoms with Crippen LogP contribution in [0.1, 0.15) is 39.2 Å². The highest BCUT2D eigenvalue weighted by Crippen LogP contribution is 2.37. The Hall–Kier alpha value is -6.95. The molecule has 0 aliphatic rings. The van der Waals surface area contributed by atoms with E-state index in [1.807, 2.05) is 140 Å². The van der Waals surface area contributed by atoms with Gasteiger partial charge < -0.3 is 25.4 Å². The lowest BCUT2D eigenvalue weighted by Crippen LogP contribution is -2.30. The molecule has 0 aliphatic carbocycles. The summed E-state index contributed by atoms with van der Waals surface area (Å²) in [5.74, 6) is 0.319. The quantitative estimate of drug-likeness (QED) is 0.0656. The van der Waals surface area contributed by atoms with E-state index in [0.717, 1.165) is 33.0 Å². The van der Waals surface area contributed by atoms with Gasteiger partial charge in [-0.1, -0.05) is 91.0 Å². The fraction of sp³-hybridized carbons (Fsp3) is 0.0833. The third-order valence-corrected chi connectivity index (χ3v) is 10.9. The predicted octanol–water partition coefficient (Wildman–Crippen LogP) is 10.7. The summed E-state index contributed by atoms with van der Waals surface area (Å²) in [5.41, 5.74) is 5.23. The lowest BCUT2D eigenvalue weighted by Gasteiger charge is -2.17. The average Bonchev–Trinajstić information content (AvgIpc) is 3.75. The molecule has 1 heterocycles. The zero-order valence-electron chi connectivity index (χ0n) is 32.0. The first-order chi connectivity index (χ1) is 28.9. The normalized spacial score (nSPS) is 11.6. The Bertz CT molecular complexity index is 2490. The molecular weight excluding hydrogens is 777 g/mol. The van der Waals surface area contributed by atoms with Gasteiger partial charge in [0.25, 0.3) is 11.8 Å². The minimum Gasteiger partial charge on any atom is -0.494 e. The first-order valence-electron chi connectivity index (χ1n) is 18.9. The van der Waals surface area contributed by atoms with Crippen molar-refractivity contribution >= 4 is 57.7 Å². The van der Waals surface area contributed by atoms with Crippen LogP contribution in [-0.2, 0) is 16.2 Å². The standard InChI is InChI=1S/C48H40N4O5S2/c1-2-56-39-26-20-35(21-27-39)43-32-58-48(51-43)52-47(55)44(36-14-8-4-9-15-36)59-41-28-22-38(23-29-41)49-46(54)42(50-45(53)37-16-10-5-11-17-37)30-33-18-24-40(25-19-33)57-31-34-12-6-3-7-13-34/h3-30,32,44H,2,31H2,1H3,(H,49,54)(H,50,53)(H,51,52,55)/b42-30-. The van der Waals surface area contributed by atoms with Crippen molar-refractivity contribution in [3.8, 4) is 22.8 Å². The zero-order chi connectivity index (χ0) is 40.8. The monoisotopic (exact) mass is 816 g/mol. The van der Waals surface area contributed by atoms with Crippen LogP contribution in [0.4, 0.5) is 10.8 Å². The molecule has 0 saturated heterocycles. The number of hydrogen-bond donors (Lipinski definition) is 3. The number of anilines is 2. The second-order valence-electron chi connectivity index (χ2n) is 13.1. The van der Waals surface area contributed by atoms with Gasteiger partial charge in [0.1, 0.15) is 29.1 Å². The van der Waals surface area contributed by atoms with Crippen molar-refractivity contribution < 1.29 is 23.9 Å². The second kappa shape index (κ2) is 20.0. The molecule has 294 valence electrons. The molecule has 11 heteroatoms. The topological polar surface area (TPSA) is 119 Å². The third-order valence-electron chi connectivity index (χ3n) is 8.87. The SMILES string of the molecule is CCOc1ccc(-c2csc(NC(=O)C(Sc3ccc(NC(=O)/C(=C/c4ccc(OCc5ccccc5)cc4)NC(=O)c4ccccc4)cc3)c3ccccc3)n2)cc1. The molecule has 9 nitrogen and oxygen atoms in total. The van der Waals surface area contributed by atoms with Gasteiger partial charge in [0.05, 0.1) is 12.3 Å². The minimum absolute atomic E-state index is 0.0592. The van der Waals surface area contributed by atoms with Crippen molar-refractivity contribution in [1.29, 1.82) is 0 Å². The van der Waals surface area contributed by atoms with Crippen LogP contribution in [0.25, 0.3) is 17.3 Å². The largest absolute Gasteiger partial charge is 0.494 e. The van der Waals surface area contributed by atoms with E-state index in [9.17, 15) is 14.4 Å². The van der Waals surface area contributed by atoms with Crippen LogP contribution in [0, 0.1) is 0 Å². The molecule has 7 aromatic rings. The lowest BCUT2D eigenvalue weighted by atomic mass is 10.1. The lowest BCUT2D eigenvalue weighted by molar-refractivity contribution is -0.116. The molecule has 0 spiro atoms. The van der Waals surface area contributed by atoms with Crippen molar-refractivity contribution in [2.75, 3.05) is 17.2 Å². The van der Waals surface area contributed by atoms with Crippen molar-refractivity contribution in [1.82, 2.24) is 10.3 Å². The molecule has 3 N–H and O–H groups in total. The molecular formula is C48H40N4O5S2. The van der Waals surface area contributed by atoms with Crippen LogP contribution in [0.2, 0.25) is 0 Å². The number of benzene rings is 6. The number of nitrogens with one attached hydrogen (secondary N) is 3. The van der Waals surface area contributed by atoms with Crippen LogP contribution in [0.3, 0.4) is 0 Å². The highest BCUT2D eigenvalue weighted by molar-refractivity contribution is 8.00. The Kier molecular flexibility index (Phi) is 13.6. The van der Waals surface area contributed by atoms with E-state index < -0.39 is 17.1 Å². The fourth-order valence-electron chi connectivity index (χ4n) is 5.89. The molecule has 3 amide bonds. The predicted molar refractivity (Wildman–Crippen MR) is 237 cm³/mol. The maximum absolute atomic E-state index is 13.8. The van der Waals surface area contributed by atoms with E-state index in [2.05, 4.69) is 20.9 Å². The molecule has 1 aromatic heterocycles. The summed E-state index contributed by atoms with van der Waals surface area (Å²) >= 11 is 2.74. The number of amides is 3. The number of rotatable bonds is 16. The van der Waals surface area contributed by atoms with Gasteiger partial charge in [0.15, 0.2) is 5.13 Å². The Morgan fingerprint density at radius 2 is 1.34 bits per heavy atom. The Morgan fingerprint density at radius 3 is 2.02 bits per heavy atom. The maximum atomic E-state index is 13.8. The zero-order valence-corrected chi connectivity index (χ0v) is 33.7. The van der Waals surface area contributed by atoms with E-state index in [1.165, 1.54) is 23.1 Å². The van der Waals surface area contributed by atoms with Gasteiger partial charge in [0, 0.05) is 27.1 Å². The van der Waals surface area contributed by atoms with Gasteiger partial charge in [-0.2, -0.15) is 0 Å². The number of aromatic nitrogens is 1. The summed E-state index contributed by atoms with van der Waals surface area (Å²) < 4.78 is 11.5.